The molecule has 20 heavy (non-hydrogen) atoms. The van der Waals surface area contributed by atoms with Gasteiger partial charge in [0.15, 0.2) is 0 Å². The predicted molar refractivity (Wildman–Crippen MR) is 68.8 cm³/mol. The molecule has 1 fully saturated rings. The van der Waals surface area contributed by atoms with Crippen LogP contribution in [0.3, 0.4) is 0 Å². The van der Waals surface area contributed by atoms with E-state index in [1.807, 2.05) is 0 Å². The highest BCUT2D eigenvalue weighted by molar-refractivity contribution is 5.79. The Morgan fingerprint density at radius 3 is 2.60 bits per heavy atom. The maximum absolute atomic E-state index is 12.5. The second-order valence-corrected chi connectivity index (χ2v) is 5.41. The van der Waals surface area contributed by atoms with Crippen LogP contribution < -0.4 is 5.73 Å². The Kier molecular flexibility index (Phi) is 6.75. The third kappa shape index (κ3) is 5.66. The number of hydrogen-bond donors (Lipinski definition) is 2. The van der Waals surface area contributed by atoms with Crippen molar-refractivity contribution in [2.75, 3.05) is 26.2 Å². The molecule has 1 rings (SSSR count). The van der Waals surface area contributed by atoms with Crippen molar-refractivity contribution in [2.45, 2.75) is 38.3 Å². The van der Waals surface area contributed by atoms with Gasteiger partial charge in [-0.15, -0.1) is 0 Å². The lowest BCUT2D eigenvalue weighted by Crippen LogP contribution is -2.44. The third-order valence-corrected chi connectivity index (χ3v) is 3.76. The number of alkyl halides is 3. The molecule has 0 bridgehead atoms. The van der Waals surface area contributed by atoms with E-state index in [0.717, 1.165) is 24.2 Å². The van der Waals surface area contributed by atoms with E-state index in [0.29, 0.717) is 25.3 Å². The monoisotopic (exact) mass is 296 g/mol. The summed E-state index contributed by atoms with van der Waals surface area (Å²) in [5.41, 5.74) is 5.49. The van der Waals surface area contributed by atoms with Crippen LogP contribution in [-0.2, 0) is 4.79 Å². The molecule has 0 aliphatic heterocycles. The molecule has 0 spiro atoms. The number of carbonyl (C=O) groups is 1. The van der Waals surface area contributed by atoms with Gasteiger partial charge in [-0.05, 0) is 31.7 Å². The van der Waals surface area contributed by atoms with Crippen LogP contribution >= 0.6 is 0 Å². The van der Waals surface area contributed by atoms with Gasteiger partial charge in [0.2, 0.25) is 5.91 Å². The van der Waals surface area contributed by atoms with Gasteiger partial charge in [-0.1, -0.05) is 12.8 Å². The molecular formula is C13H23F3N2O2. The zero-order chi connectivity index (χ0) is 15.2. The molecule has 1 saturated carbocycles. The molecule has 0 aromatic carbocycles. The fraction of sp³-hybridized carbons (Fsp3) is 0.923. The summed E-state index contributed by atoms with van der Waals surface area (Å²) in [6.07, 6.45) is -0.560. The minimum Gasteiger partial charge on any atom is -0.395 e. The normalized spacial score (nSPS) is 23.6. The Bertz CT molecular complexity index is 308. The third-order valence-electron chi connectivity index (χ3n) is 3.76. The number of amides is 1. The van der Waals surface area contributed by atoms with Gasteiger partial charge in [0.1, 0.15) is 6.54 Å². The number of nitrogens with two attached hydrogens (primary N) is 1. The summed E-state index contributed by atoms with van der Waals surface area (Å²) in [6.45, 7) is -1.48. The maximum Gasteiger partial charge on any atom is 0.406 e. The average Bonchev–Trinajstić information content (AvgIpc) is 2.36. The number of nitrogens with zero attached hydrogens (tertiary/aromatic N) is 1. The van der Waals surface area contributed by atoms with E-state index in [-0.39, 0.29) is 12.5 Å². The van der Waals surface area contributed by atoms with Crippen LogP contribution in [0.5, 0.6) is 0 Å². The van der Waals surface area contributed by atoms with Crippen molar-refractivity contribution in [3.63, 3.8) is 0 Å². The molecule has 3 N–H and O–H groups in total. The number of aliphatic hydroxyl groups excluding tert-OH is 1. The molecule has 0 radical (unpaired) electrons. The molecule has 2 atom stereocenters. The number of aliphatic hydroxyl groups is 1. The molecule has 0 heterocycles. The van der Waals surface area contributed by atoms with Crippen molar-refractivity contribution in [2.24, 2.45) is 17.6 Å². The maximum atomic E-state index is 12.5. The Morgan fingerprint density at radius 2 is 2.05 bits per heavy atom. The van der Waals surface area contributed by atoms with Crippen molar-refractivity contribution in [3.05, 3.63) is 0 Å². The Balaban J connectivity index is 2.63. The number of hydrogen-bond acceptors (Lipinski definition) is 3. The Hall–Kier alpha value is -0.820. The average molecular weight is 296 g/mol. The fourth-order valence-corrected chi connectivity index (χ4v) is 2.88. The lowest BCUT2D eigenvalue weighted by molar-refractivity contribution is -0.165. The molecule has 1 aliphatic rings. The van der Waals surface area contributed by atoms with Gasteiger partial charge in [0.25, 0.3) is 0 Å². The van der Waals surface area contributed by atoms with E-state index < -0.39 is 25.2 Å². The van der Waals surface area contributed by atoms with Gasteiger partial charge in [0, 0.05) is 12.5 Å². The van der Waals surface area contributed by atoms with E-state index in [4.69, 9.17) is 10.8 Å². The molecule has 2 unspecified atom stereocenters. The molecule has 0 aromatic heterocycles. The zero-order valence-corrected chi connectivity index (χ0v) is 11.5. The van der Waals surface area contributed by atoms with Crippen molar-refractivity contribution < 1.29 is 23.1 Å². The van der Waals surface area contributed by atoms with Crippen LogP contribution in [-0.4, -0.2) is 48.3 Å². The van der Waals surface area contributed by atoms with Crippen molar-refractivity contribution in [3.8, 4) is 0 Å². The second kappa shape index (κ2) is 7.83. The van der Waals surface area contributed by atoms with Crippen LogP contribution in [0.2, 0.25) is 0 Å². The summed E-state index contributed by atoms with van der Waals surface area (Å²) in [6, 6.07) is 0. The topological polar surface area (TPSA) is 66.6 Å². The van der Waals surface area contributed by atoms with Crippen molar-refractivity contribution in [1.82, 2.24) is 4.90 Å². The Morgan fingerprint density at radius 1 is 1.35 bits per heavy atom. The molecule has 1 amide bonds. The van der Waals surface area contributed by atoms with E-state index in [2.05, 4.69) is 0 Å². The first kappa shape index (κ1) is 17.2. The number of halogens is 3. The van der Waals surface area contributed by atoms with Crippen molar-refractivity contribution in [1.29, 1.82) is 0 Å². The SMILES string of the molecule is NCCC1CCCC(C(=O)N(CCO)CC(F)(F)F)C1. The molecule has 1 aliphatic carbocycles. The molecule has 0 aromatic rings. The minimum absolute atomic E-state index is 0.267. The van der Waals surface area contributed by atoms with Crippen LogP contribution in [0.15, 0.2) is 0 Å². The highest BCUT2D eigenvalue weighted by Gasteiger charge is 2.36. The molecule has 7 heteroatoms. The summed E-state index contributed by atoms with van der Waals surface area (Å²) in [5.74, 6) is -0.531. The predicted octanol–water partition coefficient (Wildman–Crippen LogP) is 1.52. The largest absolute Gasteiger partial charge is 0.406 e. The first-order valence-electron chi connectivity index (χ1n) is 7.04. The second-order valence-electron chi connectivity index (χ2n) is 5.41. The van der Waals surface area contributed by atoms with E-state index in [9.17, 15) is 18.0 Å². The van der Waals surface area contributed by atoms with Crippen LogP contribution in [0.1, 0.15) is 32.1 Å². The van der Waals surface area contributed by atoms with Crippen molar-refractivity contribution >= 4 is 5.91 Å². The summed E-state index contributed by atoms with van der Waals surface area (Å²) < 4.78 is 37.4. The molecule has 4 nitrogen and oxygen atoms in total. The highest BCUT2D eigenvalue weighted by atomic mass is 19.4. The van der Waals surface area contributed by atoms with Crippen LogP contribution in [0, 0.1) is 11.8 Å². The number of carbonyl (C=O) groups excluding carboxylic acids is 1. The van der Waals surface area contributed by atoms with Gasteiger partial charge >= 0.3 is 6.18 Å². The lowest BCUT2D eigenvalue weighted by atomic mass is 9.79. The quantitative estimate of drug-likeness (QED) is 0.781. The summed E-state index contributed by atoms with van der Waals surface area (Å²) in [5, 5.41) is 8.84. The van der Waals surface area contributed by atoms with Gasteiger partial charge in [0.05, 0.1) is 6.61 Å². The van der Waals surface area contributed by atoms with Crippen LogP contribution in [0.4, 0.5) is 13.2 Å². The summed E-state index contributed by atoms with van der Waals surface area (Å²) in [7, 11) is 0. The highest BCUT2D eigenvalue weighted by Crippen LogP contribution is 2.32. The van der Waals surface area contributed by atoms with E-state index in [1.165, 1.54) is 0 Å². The summed E-state index contributed by atoms with van der Waals surface area (Å²) in [4.78, 5) is 12.9. The summed E-state index contributed by atoms with van der Waals surface area (Å²) >= 11 is 0. The first-order chi connectivity index (χ1) is 9.37. The van der Waals surface area contributed by atoms with Gasteiger partial charge in [-0.25, -0.2) is 0 Å². The standard InChI is InChI=1S/C13H23F3N2O2/c14-13(15,16)9-18(6-7-19)12(20)11-3-1-2-10(8-11)4-5-17/h10-11,19H,1-9,17H2. The van der Waals surface area contributed by atoms with Gasteiger partial charge in [-0.2, -0.15) is 13.2 Å². The molecular weight excluding hydrogens is 273 g/mol. The first-order valence-corrected chi connectivity index (χ1v) is 7.04. The van der Waals surface area contributed by atoms with Gasteiger partial charge < -0.3 is 15.7 Å². The smallest absolute Gasteiger partial charge is 0.395 e. The van der Waals surface area contributed by atoms with Crippen LogP contribution in [0.25, 0.3) is 0 Å². The van der Waals surface area contributed by atoms with E-state index in [1.54, 1.807) is 0 Å². The van der Waals surface area contributed by atoms with Gasteiger partial charge in [-0.3, -0.25) is 4.79 Å². The molecule has 0 saturated heterocycles. The van der Waals surface area contributed by atoms with E-state index >= 15 is 0 Å². The number of rotatable bonds is 6. The Labute approximate surface area is 117 Å². The fourth-order valence-electron chi connectivity index (χ4n) is 2.88. The zero-order valence-electron chi connectivity index (χ0n) is 11.5. The minimum atomic E-state index is -4.43. The molecule has 118 valence electrons. The lowest BCUT2D eigenvalue weighted by Gasteiger charge is -2.32.